The van der Waals surface area contributed by atoms with Gasteiger partial charge in [0, 0.05) is 0 Å². The van der Waals surface area contributed by atoms with Gasteiger partial charge in [-0.25, -0.2) is 8.37 Å². The van der Waals surface area contributed by atoms with Gasteiger partial charge >= 0.3 is 10.4 Å². The molecule has 0 aliphatic heterocycles. The maximum absolute atomic E-state index is 11.0. The van der Waals surface area contributed by atoms with Crippen LogP contribution < -0.4 is 0 Å². The fraction of sp³-hybridized carbons (Fsp3) is 0.500. The van der Waals surface area contributed by atoms with E-state index in [9.17, 15) is 8.42 Å². The maximum Gasteiger partial charge on any atom is 0.401 e. The second-order valence-corrected chi connectivity index (χ2v) is 3.94. The number of terminal acetylenes is 1. The molecule has 0 atom stereocenters. The zero-order valence-corrected chi connectivity index (χ0v) is 8.43. The Labute approximate surface area is 78.9 Å². The molecule has 0 aromatic heterocycles. The minimum Gasteiger partial charge on any atom is -0.244 e. The molecule has 4 nitrogen and oxygen atoms in total. The molecule has 74 valence electrons. The summed E-state index contributed by atoms with van der Waals surface area (Å²) >= 11 is 0. The number of rotatable bonds is 5. The van der Waals surface area contributed by atoms with E-state index in [2.05, 4.69) is 20.9 Å². The molecule has 0 aliphatic rings. The van der Waals surface area contributed by atoms with Gasteiger partial charge in [0.25, 0.3) is 0 Å². The first-order valence-electron chi connectivity index (χ1n) is 3.51. The van der Waals surface area contributed by atoms with E-state index in [1.807, 2.05) is 0 Å². The third-order valence-electron chi connectivity index (χ3n) is 0.988. The van der Waals surface area contributed by atoms with Crippen LogP contribution in [0.15, 0.2) is 12.7 Å². The summed E-state index contributed by atoms with van der Waals surface area (Å²) in [6.45, 7) is 6.05. The highest BCUT2D eigenvalue weighted by molar-refractivity contribution is 7.81. The molecule has 0 radical (unpaired) electrons. The molecule has 0 amide bonds. The third kappa shape index (κ3) is 5.42. The van der Waals surface area contributed by atoms with E-state index < -0.39 is 16.0 Å². The van der Waals surface area contributed by atoms with Crippen LogP contribution in [-0.2, 0) is 18.8 Å². The normalized spacial score (nSPS) is 12.1. The summed E-state index contributed by atoms with van der Waals surface area (Å²) in [5.74, 6) is 2.17. The Kier molecular flexibility index (Phi) is 4.14. The molecule has 0 heterocycles. The Morgan fingerprint density at radius 2 is 2.15 bits per heavy atom. The average molecular weight is 204 g/mol. The molecule has 0 spiro atoms. The zero-order chi connectivity index (χ0) is 10.5. The van der Waals surface area contributed by atoms with Crippen LogP contribution in [0, 0.1) is 12.3 Å². The Morgan fingerprint density at radius 1 is 1.62 bits per heavy atom. The van der Waals surface area contributed by atoms with Gasteiger partial charge < -0.3 is 0 Å². The summed E-state index contributed by atoms with van der Waals surface area (Å²) in [4.78, 5) is 0. The van der Waals surface area contributed by atoms with E-state index in [4.69, 9.17) is 6.42 Å². The first-order chi connectivity index (χ1) is 5.83. The number of hydrogen-bond donors (Lipinski definition) is 0. The van der Waals surface area contributed by atoms with Crippen molar-refractivity contribution in [3.8, 4) is 12.3 Å². The topological polar surface area (TPSA) is 52.6 Å². The molecule has 0 unspecified atom stereocenters. The van der Waals surface area contributed by atoms with Crippen molar-refractivity contribution in [3.05, 3.63) is 12.7 Å². The standard InChI is InChI=1S/C8H12O4S/c1-5-7-11-13(9,10)12-8(3,4)6-2/h2,5H,1,7H2,3-4H3. The SMILES string of the molecule is C#CC(C)(C)OS(=O)(=O)OCC=C. The van der Waals surface area contributed by atoms with Crippen LogP contribution in [0.25, 0.3) is 0 Å². The van der Waals surface area contributed by atoms with Crippen LogP contribution in [0.3, 0.4) is 0 Å². The molecule has 13 heavy (non-hydrogen) atoms. The third-order valence-corrected chi connectivity index (χ3v) is 2.03. The highest BCUT2D eigenvalue weighted by Gasteiger charge is 2.24. The van der Waals surface area contributed by atoms with Crippen molar-refractivity contribution in [2.45, 2.75) is 19.4 Å². The highest BCUT2D eigenvalue weighted by Crippen LogP contribution is 2.12. The molecule has 0 fully saturated rings. The van der Waals surface area contributed by atoms with E-state index in [0.29, 0.717) is 0 Å². The van der Waals surface area contributed by atoms with Crippen molar-refractivity contribution in [1.82, 2.24) is 0 Å². The molecular formula is C8H12O4S. The summed E-state index contributed by atoms with van der Waals surface area (Å²) in [5.41, 5.74) is -1.19. The second-order valence-electron chi connectivity index (χ2n) is 2.72. The van der Waals surface area contributed by atoms with Gasteiger partial charge in [-0.1, -0.05) is 12.0 Å². The molecule has 0 bridgehead atoms. The Balaban J connectivity index is 4.36. The fourth-order valence-corrected chi connectivity index (χ4v) is 1.30. The van der Waals surface area contributed by atoms with Gasteiger partial charge in [-0.15, -0.1) is 13.0 Å². The lowest BCUT2D eigenvalue weighted by Crippen LogP contribution is -2.27. The lowest BCUT2D eigenvalue weighted by molar-refractivity contribution is 0.140. The van der Waals surface area contributed by atoms with Gasteiger partial charge in [0.1, 0.15) is 5.60 Å². The Hall–Kier alpha value is -0.830. The molecule has 0 saturated carbocycles. The predicted octanol–water partition coefficient (Wildman–Crippen LogP) is 0.862. The van der Waals surface area contributed by atoms with E-state index in [0.717, 1.165) is 0 Å². The van der Waals surface area contributed by atoms with Crippen molar-refractivity contribution in [2.75, 3.05) is 6.61 Å². The fourth-order valence-electron chi connectivity index (χ4n) is 0.435. The van der Waals surface area contributed by atoms with Crippen LogP contribution in [-0.4, -0.2) is 20.6 Å². The maximum atomic E-state index is 11.0. The van der Waals surface area contributed by atoms with Gasteiger partial charge in [-0.3, -0.25) is 0 Å². The average Bonchev–Trinajstić information content (AvgIpc) is 1.99. The summed E-state index contributed by atoms with van der Waals surface area (Å²) < 4.78 is 30.8. The summed E-state index contributed by atoms with van der Waals surface area (Å²) in [6, 6.07) is 0. The van der Waals surface area contributed by atoms with E-state index >= 15 is 0 Å². The van der Waals surface area contributed by atoms with E-state index in [1.165, 1.54) is 19.9 Å². The van der Waals surface area contributed by atoms with Crippen LogP contribution >= 0.6 is 0 Å². The predicted molar refractivity (Wildman–Crippen MR) is 49.1 cm³/mol. The van der Waals surface area contributed by atoms with Crippen molar-refractivity contribution in [3.63, 3.8) is 0 Å². The molecule has 0 saturated heterocycles. The van der Waals surface area contributed by atoms with E-state index in [-0.39, 0.29) is 6.61 Å². The molecule has 0 N–H and O–H groups in total. The van der Waals surface area contributed by atoms with Crippen LogP contribution in [0.5, 0.6) is 0 Å². The second kappa shape index (κ2) is 4.42. The van der Waals surface area contributed by atoms with Gasteiger partial charge in [-0.2, -0.15) is 8.42 Å². The Bertz CT molecular complexity index is 308. The molecule has 0 rings (SSSR count). The van der Waals surface area contributed by atoms with Crippen molar-refractivity contribution < 1.29 is 16.8 Å². The summed E-state index contributed by atoms with van der Waals surface area (Å²) in [7, 11) is -4.03. The first-order valence-corrected chi connectivity index (χ1v) is 4.85. The molecule has 5 heteroatoms. The highest BCUT2D eigenvalue weighted by atomic mass is 32.3. The Morgan fingerprint density at radius 3 is 2.54 bits per heavy atom. The molecular weight excluding hydrogens is 192 g/mol. The number of hydrogen-bond acceptors (Lipinski definition) is 4. The lowest BCUT2D eigenvalue weighted by Gasteiger charge is -2.16. The van der Waals surface area contributed by atoms with Crippen molar-refractivity contribution in [2.24, 2.45) is 0 Å². The van der Waals surface area contributed by atoms with Gasteiger partial charge in [0.2, 0.25) is 0 Å². The quantitative estimate of drug-likeness (QED) is 0.492. The minimum atomic E-state index is -4.03. The minimum absolute atomic E-state index is 0.136. The van der Waals surface area contributed by atoms with Gasteiger partial charge in [0.05, 0.1) is 6.61 Å². The van der Waals surface area contributed by atoms with Crippen molar-refractivity contribution in [1.29, 1.82) is 0 Å². The monoisotopic (exact) mass is 204 g/mol. The largest absolute Gasteiger partial charge is 0.401 e. The molecule has 0 aliphatic carbocycles. The lowest BCUT2D eigenvalue weighted by atomic mass is 10.2. The molecule has 0 aromatic rings. The van der Waals surface area contributed by atoms with Crippen molar-refractivity contribution >= 4 is 10.4 Å². The van der Waals surface area contributed by atoms with Crippen LogP contribution in [0.4, 0.5) is 0 Å². The molecule has 0 aromatic carbocycles. The first kappa shape index (κ1) is 12.2. The smallest absolute Gasteiger partial charge is 0.244 e. The van der Waals surface area contributed by atoms with Gasteiger partial charge in [-0.05, 0) is 13.8 Å². The van der Waals surface area contributed by atoms with E-state index in [1.54, 1.807) is 0 Å². The zero-order valence-electron chi connectivity index (χ0n) is 7.61. The summed E-state index contributed by atoms with van der Waals surface area (Å²) in [6.07, 6.45) is 6.32. The van der Waals surface area contributed by atoms with Crippen LogP contribution in [0.2, 0.25) is 0 Å². The summed E-state index contributed by atoms with van der Waals surface area (Å²) in [5, 5.41) is 0. The van der Waals surface area contributed by atoms with Gasteiger partial charge in [0.15, 0.2) is 0 Å². The van der Waals surface area contributed by atoms with Crippen LogP contribution in [0.1, 0.15) is 13.8 Å².